The highest BCUT2D eigenvalue weighted by molar-refractivity contribution is 7.15. The third kappa shape index (κ3) is 3.32. The maximum Gasteiger partial charge on any atom is 0.205 e. The van der Waals surface area contributed by atoms with Crippen molar-refractivity contribution in [2.75, 3.05) is 5.32 Å². The fourth-order valence-electron chi connectivity index (χ4n) is 2.61. The summed E-state index contributed by atoms with van der Waals surface area (Å²) in [6.45, 7) is 0.756. The number of nitrogens with zero attached hydrogens (tertiary/aromatic N) is 4. The molecule has 19 heavy (non-hydrogen) atoms. The number of hydrogen-bond acceptors (Lipinski definition) is 5. The highest BCUT2D eigenvalue weighted by Crippen LogP contribution is 2.29. The minimum Gasteiger partial charge on any atom is -0.356 e. The lowest BCUT2D eigenvalue weighted by molar-refractivity contribution is 0.542. The molecule has 2 heterocycles. The maximum absolute atomic E-state index is 4.28. The van der Waals surface area contributed by atoms with Crippen LogP contribution < -0.4 is 5.32 Å². The summed E-state index contributed by atoms with van der Waals surface area (Å²) in [5, 5.41) is 18.0. The Kier molecular flexibility index (Phi) is 3.77. The molecule has 0 spiro atoms. The molecule has 2 aromatic rings. The molecule has 0 saturated heterocycles. The van der Waals surface area contributed by atoms with Gasteiger partial charge in [-0.3, -0.25) is 4.68 Å². The molecule has 6 heteroatoms. The Balaban J connectivity index is 1.52. The van der Waals surface area contributed by atoms with Gasteiger partial charge in [0, 0.05) is 31.8 Å². The quantitative estimate of drug-likeness (QED) is 0.912. The smallest absolute Gasteiger partial charge is 0.205 e. The number of rotatable bonds is 5. The van der Waals surface area contributed by atoms with E-state index in [9.17, 15) is 0 Å². The Labute approximate surface area is 117 Å². The van der Waals surface area contributed by atoms with Gasteiger partial charge < -0.3 is 5.32 Å². The summed E-state index contributed by atoms with van der Waals surface area (Å²) >= 11 is 1.69. The second-order valence-electron chi connectivity index (χ2n) is 5.23. The Morgan fingerprint density at radius 2 is 2.21 bits per heavy atom. The zero-order chi connectivity index (χ0) is 13.1. The summed E-state index contributed by atoms with van der Waals surface area (Å²) in [4.78, 5) is 0. The van der Waals surface area contributed by atoms with Crippen LogP contribution in [0.15, 0.2) is 12.4 Å². The summed E-state index contributed by atoms with van der Waals surface area (Å²) in [6, 6.07) is 0. The number of aromatic nitrogens is 4. The van der Waals surface area contributed by atoms with E-state index in [1.54, 1.807) is 11.3 Å². The van der Waals surface area contributed by atoms with Crippen LogP contribution in [0.1, 0.15) is 36.3 Å². The van der Waals surface area contributed by atoms with E-state index in [4.69, 9.17) is 0 Å². The Bertz CT molecular complexity index is 527. The summed E-state index contributed by atoms with van der Waals surface area (Å²) in [7, 11) is 1.92. The first-order valence-electron chi connectivity index (χ1n) is 6.83. The minimum atomic E-state index is 0.756. The highest BCUT2D eigenvalue weighted by Gasteiger charge is 2.17. The molecule has 3 rings (SSSR count). The van der Waals surface area contributed by atoms with E-state index in [1.807, 2.05) is 24.1 Å². The Hall–Kier alpha value is -1.43. The van der Waals surface area contributed by atoms with E-state index in [0.717, 1.165) is 29.6 Å². The average molecular weight is 277 g/mol. The topological polar surface area (TPSA) is 55.6 Å². The summed E-state index contributed by atoms with van der Waals surface area (Å²) in [5.74, 6) is 0.833. The van der Waals surface area contributed by atoms with E-state index < -0.39 is 0 Å². The van der Waals surface area contributed by atoms with Crippen LogP contribution >= 0.6 is 11.3 Å². The summed E-state index contributed by atoms with van der Waals surface area (Å²) < 4.78 is 1.81. The molecule has 1 aliphatic carbocycles. The van der Waals surface area contributed by atoms with Crippen LogP contribution in [0.3, 0.4) is 0 Å². The number of nitrogens with one attached hydrogen (secondary N) is 1. The van der Waals surface area contributed by atoms with Crippen LogP contribution in [0.5, 0.6) is 0 Å². The van der Waals surface area contributed by atoms with E-state index in [2.05, 4.69) is 20.6 Å². The minimum absolute atomic E-state index is 0.756. The van der Waals surface area contributed by atoms with Crippen molar-refractivity contribution in [3.05, 3.63) is 23.0 Å². The van der Waals surface area contributed by atoms with Crippen molar-refractivity contribution < 1.29 is 0 Å². The third-order valence-electron chi connectivity index (χ3n) is 3.61. The second-order valence-corrected chi connectivity index (χ2v) is 6.29. The zero-order valence-electron chi connectivity index (χ0n) is 11.2. The van der Waals surface area contributed by atoms with Gasteiger partial charge in [0.1, 0.15) is 5.01 Å². The predicted molar refractivity (Wildman–Crippen MR) is 76.1 cm³/mol. The molecule has 1 N–H and O–H groups in total. The van der Waals surface area contributed by atoms with Crippen molar-refractivity contribution in [2.45, 2.75) is 38.6 Å². The normalized spacial score (nSPS) is 16.1. The lowest BCUT2D eigenvalue weighted by atomic mass is 10.1. The first-order valence-corrected chi connectivity index (χ1v) is 7.65. The Morgan fingerprint density at radius 1 is 1.37 bits per heavy atom. The van der Waals surface area contributed by atoms with Gasteiger partial charge in [-0.25, -0.2) is 0 Å². The molecule has 0 aliphatic heterocycles. The van der Waals surface area contributed by atoms with Gasteiger partial charge in [0.2, 0.25) is 5.13 Å². The molecule has 0 radical (unpaired) electrons. The molecule has 0 atom stereocenters. The average Bonchev–Trinajstić information content (AvgIpc) is 3.10. The zero-order valence-corrected chi connectivity index (χ0v) is 12.0. The van der Waals surface area contributed by atoms with Gasteiger partial charge in [-0.05, 0) is 5.92 Å². The highest BCUT2D eigenvalue weighted by atomic mass is 32.1. The fraction of sp³-hybridized carbons (Fsp3) is 0.615. The molecule has 2 aromatic heterocycles. The number of anilines is 1. The molecule has 5 nitrogen and oxygen atoms in total. The molecule has 0 aromatic carbocycles. The molecule has 1 saturated carbocycles. The van der Waals surface area contributed by atoms with Crippen molar-refractivity contribution in [3.8, 4) is 0 Å². The lowest BCUT2D eigenvalue weighted by Crippen LogP contribution is -1.97. The largest absolute Gasteiger partial charge is 0.356 e. The van der Waals surface area contributed by atoms with Gasteiger partial charge in [-0.2, -0.15) is 5.10 Å². The van der Waals surface area contributed by atoms with E-state index in [0.29, 0.717) is 0 Å². The van der Waals surface area contributed by atoms with Crippen LogP contribution in [0.25, 0.3) is 0 Å². The van der Waals surface area contributed by atoms with Gasteiger partial charge in [0.25, 0.3) is 0 Å². The van der Waals surface area contributed by atoms with E-state index in [-0.39, 0.29) is 0 Å². The number of aryl methyl sites for hydroxylation is 1. The third-order valence-corrected chi connectivity index (χ3v) is 4.51. The van der Waals surface area contributed by atoms with Crippen LogP contribution in [-0.2, 0) is 20.0 Å². The molecular weight excluding hydrogens is 258 g/mol. The first-order chi connectivity index (χ1) is 9.29. The van der Waals surface area contributed by atoms with Crippen LogP contribution in [-0.4, -0.2) is 20.0 Å². The lowest BCUT2D eigenvalue weighted by Gasteiger charge is -2.03. The number of hydrogen-bond donors (Lipinski definition) is 1. The fourth-order valence-corrected chi connectivity index (χ4v) is 3.46. The van der Waals surface area contributed by atoms with Crippen LogP contribution in [0.4, 0.5) is 5.13 Å². The SMILES string of the molecule is Cn1cc(CNc2nnc(CC3CCCC3)s2)cn1. The molecule has 0 bridgehead atoms. The molecule has 1 fully saturated rings. The van der Waals surface area contributed by atoms with Gasteiger partial charge in [0.15, 0.2) is 0 Å². The van der Waals surface area contributed by atoms with Crippen molar-refractivity contribution >= 4 is 16.5 Å². The summed E-state index contributed by atoms with van der Waals surface area (Å²) in [5.41, 5.74) is 1.16. The monoisotopic (exact) mass is 277 g/mol. The van der Waals surface area contributed by atoms with Gasteiger partial charge in [-0.1, -0.05) is 37.0 Å². The molecule has 0 amide bonds. The molecule has 0 unspecified atom stereocenters. The molecule has 1 aliphatic rings. The second kappa shape index (κ2) is 5.69. The van der Waals surface area contributed by atoms with Crippen molar-refractivity contribution in [3.63, 3.8) is 0 Å². The molecular formula is C13H19N5S. The standard InChI is InChI=1S/C13H19N5S/c1-18-9-11(8-15-18)7-14-13-17-16-12(19-13)6-10-4-2-3-5-10/h8-10H,2-7H2,1H3,(H,14,17). The van der Waals surface area contributed by atoms with Gasteiger partial charge in [-0.15, -0.1) is 10.2 Å². The summed E-state index contributed by atoms with van der Waals surface area (Å²) in [6.07, 6.45) is 10.5. The Morgan fingerprint density at radius 3 is 2.95 bits per heavy atom. The van der Waals surface area contributed by atoms with Crippen LogP contribution in [0.2, 0.25) is 0 Å². The van der Waals surface area contributed by atoms with E-state index >= 15 is 0 Å². The van der Waals surface area contributed by atoms with E-state index in [1.165, 1.54) is 30.7 Å². The van der Waals surface area contributed by atoms with Gasteiger partial charge in [0.05, 0.1) is 6.20 Å². The van der Waals surface area contributed by atoms with Crippen molar-refractivity contribution in [1.82, 2.24) is 20.0 Å². The first kappa shape index (κ1) is 12.6. The van der Waals surface area contributed by atoms with Crippen molar-refractivity contribution in [1.29, 1.82) is 0 Å². The molecule has 102 valence electrons. The maximum atomic E-state index is 4.28. The van der Waals surface area contributed by atoms with Gasteiger partial charge >= 0.3 is 0 Å². The predicted octanol–water partition coefficient (Wildman–Crippen LogP) is 2.62. The van der Waals surface area contributed by atoms with Crippen molar-refractivity contribution in [2.24, 2.45) is 13.0 Å². The van der Waals surface area contributed by atoms with Crippen LogP contribution in [0, 0.1) is 5.92 Å².